The van der Waals surface area contributed by atoms with Crippen molar-refractivity contribution in [1.29, 1.82) is 0 Å². The van der Waals surface area contributed by atoms with Crippen molar-refractivity contribution in [3.63, 3.8) is 0 Å². The second-order valence-corrected chi connectivity index (χ2v) is 6.00. The molecule has 2 aromatic rings. The first-order chi connectivity index (χ1) is 7.38. The standard InChI is InChI=1S/C14H16BrN/c1-9-7-10-8-11(14(2,3)4)5-6-12(10)16-13(9)15/h5-8H,1-4H3. The maximum absolute atomic E-state index is 4.52. The Kier molecular flexibility index (Phi) is 2.79. The zero-order chi connectivity index (χ0) is 11.9. The van der Waals surface area contributed by atoms with E-state index in [1.807, 2.05) is 0 Å². The molecule has 1 heterocycles. The first kappa shape index (κ1) is 11.6. The van der Waals surface area contributed by atoms with Gasteiger partial charge in [0.2, 0.25) is 0 Å². The Morgan fingerprint density at radius 2 is 1.81 bits per heavy atom. The molecular formula is C14H16BrN. The van der Waals surface area contributed by atoms with Gasteiger partial charge in [0.1, 0.15) is 4.60 Å². The Hall–Kier alpha value is -0.890. The van der Waals surface area contributed by atoms with Gasteiger partial charge in [0.05, 0.1) is 5.52 Å². The van der Waals surface area contributed by atoms with Crippen molar-refractivity contribution in [2.24, 2.45) is 0 Å². The summed E-state index contributed by atoms with van der Waals surface area (Å²) in [6.07, 6.45) is 0. The van der Waals surface area contributed by atoms with E-state index in [2.05, 4.69) is 72.9 Å². The molecule has 0 saturated heterocycles. The zero-order valence-corrected chi connectivity index (χ0v) is 11.7. The number of aromatic nitrogens is 1. The Bertz CT molecular complexity index is 538. The molecule has 0 unspecified atom stereocenters. The fraction of sp³-hybridized carbons (Fsp3) is 0.357. The van der Waals surface area contributed by atoms with Gasteiger partial charge < -0.3 is 0 Å². The molecule has 84 valence electrons. The van der Waals surface area contributed by atoms with E-state index in [-0.39, 0.29) is 5.41 Å². The van der Waals surface area contributed by atoms with E-state index < -0.39 is 0 Å². The van der Waals surface area contributed by atoms with Crippen molar-refractivity contribution in [3.05, 3.63) is 40.0 Å². The summed E-state index contributed by atoms with van der Waals surface area (Å²) in [5.41, 5.74) is 3.77. The minimum absolute atomic E-state index is 0.190. The lowest BCUT2D eigenvalue weighted by molar-refractivity contribution is 0.591. The van der Waals surface area contributed by atoms with E-state index in [1.54, 1.807) is 0 Å². The van der Waals surface area contributed by atoms with Crippen LogP contribution in [-0.2, 0) is 5.41 Å². The summed E-state index contributed by atoms with van der Waals surface area (Å²) in [7, 11) is 0. The van der Waals surface area contributed by atoms with Crippen molar-refractivity contribution < 1.29 is 0 Å². The van der Waals surface area contributed by atoms with Crippen LogP contribution in [0, 0.1) is 6.92 Å². The van der Waals surface area contributed by atoms with Crippen LogP contribution < -0.4 is 0 Å². The van der Waals surface area contributed by atoms with Crippen molar-refractivity contribution >= 4 is 26.8 Å². The van der Waals surface area contributed by atoms with Crippen molar-refractivity contribution in [2.75, 3.05) is 0 Å². The monoisotopic (exact) mass is 277 g/mol. The molecule has 0 fully saturated rings. The van der Waals surface area contributed by atoms with Gasteiger partial charge in [-0.15, -0.1) is 0 Å². The highest BCUT2D eigenvalue weighted by molar-refractivity contribution is 9.10. The number of rotatable bonds is 0. The minimum atomic E-state index is 0.190. The van der Waals surface area contributed by atoms with Gasteiger partial charge in [-0.1, -0.05) is 26.8 Å². The Labute approximate surface area is 105 Å². The van der Waals surface area contributed by atoms with Crippen molar-refractivity contribution in [2.45, 2.75) is 33.1 Å². The first-order valence-electron chi connectivity index (χ1n) is 5.45. The van der Waals surface area contributed by atoms with Gasteiger partial charge >= 0.3 is 0 Å². The molecule has 16 heavy (non-hydrogen) atoms. The minimum Gasteiger partial charge on any atom is -0.241 e. The molecule has 1 nitrogen and oxygen atoms in total. The summed E-state index contributed by atoms with van der Waals surface area (Å²) in [6.45, 7) is 8.76. The summed E-state index contributed by atoms with van der Waals surface area (Å²) in [6, 6.07) is 8.68. The fourth-order valence-corrected chi connectivity index (χ4v) is 2.03. The number of hydrogen-bond acceptors (Lipinski definition) is 1. The molecule has 0 amide bonds. The highest BCUT2D eigenvalue weighted by atomic mass is 79.9. The molecule has 0 aliphatic rings. The molecule has 2 heteroatoms. The zero-order valence-electron chi connectivity index (χ0n) is 10.1. The lowest BCUT2D eigenvalue weighted by Gasteiger charge is -2.19. The lowest BCUT2D eigenvalue weighted by atomic mass is 9.86. The van der Waals surface area contributed by atoms with Crippen LogP contribution in [0.4, 0.5) is 0 Å². The number of pyridine rings is 1. The molecule has 2 rings (SSSR count). The van der Waals surface area contributed by atoms with E-state index in [1.165, 1.54) is 16.5 Å². The number of fused-ring (bicyclic) bond motifs is 1. The predicted molar refractivity (Wildman–Crippen MR) is 72.9 cm³/mol. The summed E-state index contributed by atoms with van der Waals surface area (Å²) in [5.74, 6) is 0. The van der Waals surface area contributed by atoms with Crippen LogP contribution in [0.3, 0.4) is 0 Å². The number of nitrogens with zero attached hydrogens (tertiary/aromatic N) is 1. The Balaban J connectivity index is 2.67. The second kappa shape index (κ2) is 3.85. The van der Waals surface area contributed by atoms with Gasteiger partial charge in [-0.25, -0.2) is 4.98 Å². The predicted octanol–water partition coefficient (Wildman–Crippen LogP) is 4.60. The lowest BCUT2D eigenvalue weighted by Crippen LogP contribution is -2.10. The average molecular weight is 278 g/mol. The van der Waals surface area contributed by atoms with E-state index >= 15 is 0 Å². The number of hydrogen-bond donors (Lipinski definition) is 0. The SMILES string of the molecule is Cc1cc2cc(C(C)(C)C)ccc2nc1Br. The smallest absolute Gasteiger partial charge is 0.109 e. The molecule has 0 spiro atoms. The average Bonchev–Trinajstić information content (AvgIpc) is 2.17. The van der Waals surface area contributed by atoms with Crippen LogP contribution in [0.2, 0.25) is 0 Å². The molecular weight excluding hydrogens is 262 g/mol. The third-order valence-electron chi connectivity index (χ3n) is 2.81. The Morgan fingerprint density at radius 1 is 1.12 bits per heavy atom. The third kappa shape index (κ3) is 2.12. The summed E-state index contributed by atoms with van der Waals surface area (Å²) >= 11 is 3.46. The number of aryl methyl sites for hydroxylation is 1. The van der Waals surface area contributed by atoms with E-state index in [9.17, 15) is 0 Å². The maximum Gasteiger partial charge on any atom is 0.109 e. The van der Waals surface area contributed by atoms with Gasteiger partial charge in [0, 0.05) is 5.39 Å². The van der Waals surface area contributed by atoms with E-state index in [0.717, 1.165) is 10.1 Å². The normalized spacial score (nSPS) is 12.1. The molecule has 0 radical (unpaired) electrons. The van der Waals surface area contributed by atoms with Crippen LogP contribution in [-0.4, -0.2) is 4.98 Å². The quantitative estimate of drug-likeness (QED) is 0.641. The van der Waals surface area contributed by atoms with Crippen molar-refractivity contribution in [1.82, 2.24) is 4.98 Å². The van der Waals surface area contributed by atoms with E-state index in [0.29, 0.717) is 0 Å². The highest BCUT2D eigenvalue weighted by Crippen LogP contribution is 2.27. The fourth-order valence-electron chi connectivity index (χ4n) is 1.73. The van der Waals surface area contributed by atoms with Crippen LogP contribution >= 0.6 is 15.9 Å². The van der Waals surface area contributed by atoms with Crippen LogP contribution in [0.1, 0.15) is 31.9 Å². The number of halogens is 1. The van der Waals surface area contributed by atoms with Crippen molar-refractivity contribution in [3.8, 4) is 0 Å². The topological polar surface area (TPSA) is 12.9 Å². The molecule has 0 bridgehead atoms. The largest absolute Gasteiger partial charge is 0.241 e. The molecule has 0 N–H and O–H groups in total. The van der Waals surface area contributed by atoms with Gasteiger partial charge in [-0.3, -0.25) is 0 Å². The molecule has 1 aromatic heterocycles. The molecule has 1 aromatic carbocycles. The summed E-state index contributed by atoms with van der Waals surface area (Å²) < 4.78 is 0.934. The first-order valence-corrected chi connectivity index (χ1v) is 6.24. The second-order valence-electron chi connectivity index (χ2n) is 5.25. The van der Waals surface area contributed by atoms with Gasteiger partial charge in [0.25, 0.3) is 0 Å². The summed E-state index contributed by atoms with van der Waals surface area (Å²) in [4.78, 5) is 4.52. The van der Waals surface area contributed by atoms with Gasteiger partial charge in [0.15, 0.2) is 0 Å². The molecule has 0 aliphatic heterocycles. The summed E-state index contributed by atoms with van der Waals surface area (Å²) in [5, 5.41) is 1.22. The molecule has 0 aliphatic carbocycles. The van der Waals surface area contributed by atoms with Crippen LogP contribution in [0.5, 0.6) is 0 Å². The Morgan fingerprint density at radius 3 is 2.44 bits per heavy atom. The van der Waals surface area contributed by atoms with Gasteiger partial charge in [-0.2, -0.15) is 0 Å². The molecule has 0 atom stereocenters. The third-order valence-corrected chi connectivity index (χ3v) is 3.61. The maximum atomic E-state index is 4.52. The van der Waals surface area contributed by atoms with E-state index in [4.69, 9.17) is 0 Å². The number of benzene rings is 1. The molecule has 0 saturated carbocycles. The highest BCUT2D eigenvalue weighted by Gasteiger charge is 2.14. The van der Waals surface area contributed by atoms with Gasteiger partial charge in [-0.05, 0) is 57.6 Å². The van der Waals surface area contributed by atoms with Crippen LogP contribution in [0.25, 0.3) is 10.9 Å². The van der Waals surface area contributed by atoms with Crippen LogP contribution in [0.15, 0.2) is 28.9 Å².